The third-order valence-electron chi connectivity index (χ3n) is 6.11. The lowest BCUT2D eigenvalue weighted by molar-refractivity contribution is -0.122. The second-order valence-corrected chi connectivity index (χ2v) is 10.7. The minimum Gasteiger partial charge on any atom is -0.496 e. The third kappa shape index (κ3) is 6.11. The van der Waals surface area contributed by atoms with Crippen LogP contribution in [-0.2, 0) is 21.7 Å². The van der Waals surface area contributed by atoms with E-state index in [-0.39, 0.29) is 23.2 Å². The number of thioether (sulfide) groups is 1. The van der Waals surface area contributed by atoms with Gasteiger partial charge in [-0.05, 0) is 64.8 Å². The van der Waals surface area contributed by atoms with Crippen molar-refractivity contribution < 1.29 is 13.9 Å². The Morgan fingerprint density at radius 3 is 2.65 bits per heavy atom. The lowest BCUT2D eigenvalue weighted by atomic mass is 9.86. The molecule has 2 atom stereocenters. The van der Waals surface area contributed by atoms with Crippen molar-refractivity contribution >= 4 is 23.9 Å². The van der Waals surface area contributed by atoms with Gasteiger partial charge in [-0.25, -0.2) is 5.43 Å². The van der Waals surface area contributed by atoms with E-state index >= 15 is 0 Å². The molecule has 1 N–H and O–H groups in total. The summed E-state index contributed by atoms with van der Waals surface area (Å²) in [6.07, 6.45) is 4.25. The van der Waals surface area contributed by atoms with Gasteiger partial charge in [0.05, 0.1) is 25.3 Å². The average molecular weight is 477 g/mol. The van der Waals surface area contributed by atoms with Crippen molar-refractivity contribution in [1.29, 1.82) is 0 Å². The van der Waals surface area contributed by atoms with Crippen LogP contribution in [-0.4, -0.2) is 19.2 Å². The molecule has 34 heavy (non-hydrogen) atoms. The van der Waals surface area contributed by atoms with E-state index in [1.165, 1.54) is 11.1 Å². The molecule has 5 nitrogen and oxygen atoms in total. The predicted molar refractivity (Wildman–Crippen MR) is 138 cm³/mol. The Balaban J connectivity index is 1.30. The number of amides is 1. The summed E-state index contributed by atoms with van der Waals surface area (Å²) >= 11 is 1.76. The van der Waals surface area contributed by atoms with E-state index < -0.39 is 0 Å². The van der Waals surface area contributed by atoms with Crippen LogP contribution in [0, 0.1) is 5.92 Å². The highest BCUT2D eigenvalue weighted by atomic mass is 32.2. The number of methoxy groups -OCH3 is 1. The molecule has 1 fully saturated rings. The Morgan fingerprint density at radius 2 is 1.97 bits per heavy atom. The van der Waals surface area contributed by atoms with Crippen LogP contribution in [0.4, 0.5) is 0 Å². The quantitative estimate of drug-likeness (QED) is 0.292. The SMILES string of the molecule is COc1ccc(C=NNC(=O)[C@H]2C[C@@H]2c2ccc(C(C)(C)C)cc2)cc1CSCc1ccco1. The number of benzene rings is 2. The van der Waals surface area contributed by atoms with E-state index in [0.29, 0.717) is 0 Å². The lowest BCUT2D eigenvalue weighted by Gasteiger charge is -2.19. The maximum absolute atomic E-state index is 12.6. The van der Waals surface area contributed by atoms with E-state index in [0.717, 1.165) is 40.6 Å². The molecule has 6 heteroatoms. The summed E-state index contributed by atoms with van der Waals surface area (Å²) in [5.74, 6) is 3.62. The summed E-state index contributed by atoms with van der Waals surface area (Å²) in [7, 11) is 1.67. The van der Waals surface area contributed by atoms with Crippen LogP contribution < -0.4 is 10.2 Å². The van der Waals surface area contributed by atoms with Gasteiger partial charge in [-0.15, -0.1) is 11.8 Å². The first-order valence-electron chi connectivity index (χ1n) is 11.6. The first-order chi connectivity index (χ1) is 16.3. The molecule has 0 aliphatic heterocycles. The predicted octanol–water partition coefficient (Wildman–Crippen LogP) is 6.27. The molecule has 1 saturated carbocycles. The van der Waals surface area contributed by atoms with Crippen molar-refractivity contribution in [3.8, 4) is 5.75 Å². The van der Waals surface area contributed by atoms with Crippen LogP contribution in [0.1, 0.15) is 61.1 Å². The van der Waals surface area contributed by atoms with Gasteiger partial charge in [-0.2, -0.15) is 5.10 Å². The topological polar surface area (TPSA) is 63.8 Å². The van der Waals surface area contributed by atoms with Crippen LogP contribution in [0.15, 0.2) is 70.4 Å². The minimum atomic E-state index is -0.0242. The van der Waals surface area contributed by atoms with Gasteiger partial charge in [0.15, 0.2) is 0 Å². The van der Waals surface area contributed by atoms with Crippen molar-refractivity contribution in [2.24, 2.45) is 11.0 Å². The molecule has 1 aliphatic carbocycles. The van der Waals surface area contributed by atoms with Gasteiger partial charge < -0.3 is 9.15 Å². The van der Waals surface area contributed by atoms with Gasteiger partial charge in [0.1, 0.15) is 11.5 Å². The minimum absolute atomic E-state index is 0.0120. The van der Waals surface area contributed by atoms with Crippen molar-refractivity contribution in [2.75, 3.05) is 7.11 Å². The Morgan fingerprint density at radius 1 is 1.18 bits per heavy atom. The van der Waals surface area contributed by atoms with Crippen LogP contribution in [0.25, 0.3) is 0 Å². The fourth-order valence-electron chi connectivity index (χ4n) is 3.98. The summed E-state index contributed by atoms with van der Waals surface area (Å²) in [4.78, 5) is 12.6. The van der Waals surface area contributed by atoms with E-state index in [2.05, 4.69) is 55.6 Å². The van der Waals surface area contributed by atoms with E-state index in [4.69, 9.17) is 9.15 Å². The monoisotopic (exact) mass is 476 g/mol. The van der Waals surface area contributed by atoms with Crippen molar-refractivity contribution in [1.82, 2.24) is 5.43 Å². The van der Waals surface area contributed by atoms with Crippen molar-refractivity contribution in [3.05, 3.63) is 88.9 Å². The number of carbonyl (C=O) groups excluding carboxylic acids is 1. The van der Waals surface area contributed by atoms with Crippen LogP contribution in [0.3, 0.4) is 0 Å². The Bertz CT molecular complexity index is 1130. The van der Waals surface area contributed by atoms with Gasteiger partial charge in [-0.3, -0.25) is 4.79 Å². The fraction of sp³-hybridized carbons (Fsp3) is 0.357. The number of carbonyl (C=O) groups is 1. The Kier molecular flexibility index (Phi) is 7.47. The molecule has 0 saturated heterocycles. The molecule has 1 aliphatic rings. The van der Waals surface area contributed by atoms with Gasteiger partial charge in [-0.1, -0.05) is 45.0 Å². The number of hydrogen-bond donors (Lipinski definition) is 1. The van der Waals surface area contributed by atoms with Crippen LogP contribution >= 0.6 is 11.8 Å². The molecule has 0 unspecified atom stereocenters. The number of rotatable bonds is 9. The van der Waals surface area contributed by atoms with Crippen LogP contribution in [0.5, 0.6) is 5.75 Å². The Labute approximate surface area is 206 Å². The second-order valence-electron chi connectivity index (χ2n) is 9.70. The van der Waals surface area contributed by atoms with Crippen molar-refractivity contribution in [2.45, 2.75) is 50.0 Å². The number of hydrazone groups is 1. The van der Waals surface area contributed by atoms with E-state index in [9.17, 15) is 4.79 Å². The summed E-state index contributed by atoms with van der Waals surface area (Å²) in [5.41, 5.74) is 7.38. The summed E-state index contributed by atoms with van der Waals surface area (Å²) < 4.78 is 10.9. The summed E-state index contributed by atoms with van der Waals surface area (Å²) in [6, 6.07) is 18.4. The third-order valence-corrected chi connectivity index (χ3v) is 7.11. The molecule has 1 aromatic heterocycles. The molecule has 178 valence electrons. The van der Waals surface area contributed by atoms with Gasteiger partial charge in [0.25, 0.3) is 0 Å². The lowest BCUT2D eigenvalue weighted by Crippen LogP contribution is -2.20. The summed E-state index contributed by atoms with van der Waals surface area (Å²) in [6.45, 7) is 6.62. The van der Waals surface area contributed by atoms with Gasteiger partial charge >= 0.3 is 0 Å². The maximum Gasteiger partial charge on any atom is 0.243 e. The molecular formula is C28H32N2O3S. The smallest absolute Gasteiger partial charge is 0.243 e. The molecule has 3 aromatic rings. The zero-order valence-corrected chi connectivity index (χ0v) is 21.0. The summed E-state index contributed by atoms with van der Waals surface area (Å²) in [5, 5.41) is 4.21. The molecule has 0 spiro atoms. The van der Waals surface area contributed by atoms with Crippen LogP contribution in [0.2, 0.25) is 0 Å². The first kappa shape index (κ1) is 24.1. The molecule has 0 radical (unpaired) electrons. The normalized spacial score (nSPS) is 17.6. The maximum atomic E-state index is 12.6. The molecule has 1 heterocycles. The molecule has 2 aromatic carbocycles. The Hall–Kier alpha value is -2.99. The molecule has 4 rings (SSSR count). The average Bonchev–Trinajstić information content (AvgIpc) is 3.46. The highest BCUT2D eigenvalue weighted by Gasteiger charge is 2.44. The molecule has 1 amide bonds. The largest absolute Gasteiger partial charge is 0.496 e. The zero-order chi connectivity index (χ0) is 24.1. The zero-order valence-electron chi connectivity index (χ0n) is 20.2. The van der Waals surface area contributed by atoms with E-state index in [1.54, 1.807) is 31.3 Å². The highest BCUT2D eigenvalue weighted by molar-refractivity contribution is 7.97. The van der Waals surface area contributed by atoms with Crippen molar-refractivity contribution in [3.63, 3.8) is 0 Å². The van der Waals surface area contributed by atoms with Gasteiger partial charge in [0, 0.05) is 17.2 Å². The number of furan rings is 1. The second kappa shape index (κ2) is 10.5. The molecule has 0 bridgehead atoms. The van der Waals surface area contributed by atoms with E-state index in [1.807, 2.05) is 30.3 Å². The number of nitrogens with one attached hydrogen (secondary N) is 1. The number of hydrogen-bond acceptors (Lipinski definition) is 5. The number of ether oxygens (including phenoxy) is 1. The highest BCUT2D eigenvalue weighted by Crippen LogP contribution is 2.47. The van der Waals surface area contributed by atoms with Gasteiger partial charge in [0.2, 0.25) is 5.91 Å². The first-order valence-corrected chi connectivity index (χ1v) is 12.7. The standard InChI is InChI=1S/C28H32N2O3S/c1-28(2,3)22-10-8-20(9-11-22)24-15-25(24)27(31)30-29-16-19-7-12-26(32-4)21(14-19)17-34-18-23-6-5-13-33-23/h5-14,16,24-25H,15,17-18H2,1-4H3,(H,30,31)/t24-,25+/m1/s1. The number of nitrogens with zero attached hydrogens (tertiary/aromatic N) is 1. The molecular weight excluding hydrogens is 444 g/mol. The fourth-order valence-corrected chi connectivity index (χ4v) is 4.90.